The van der Waals surface area contributed by atoms with Crippen molar-refractivity contribution in [2.75, 3.05) is 26.2 Å². The van der Waals surface area contributed by atoms with Crippen LogP contribution >= 0.6 is 0 Å². The van der Waals surface area contributed by atoms with E-state index in [4.69, 9.17) is 4.74 Å². The van der Waals surface area contributed by atoms with Crippen LogP contribution in [0.2, 0.25) is 0 Å². The Labute approximate surface area is 195 Å². The monoisotopic (exact) mass is 474 g/mol. The highest BCUT2D eigenvalue weighted by Crippen LogP contribution is 2.34. The Morgan fingerprint density at radius 2 is 1.88 bits per heavy atom. The lowest BCUT2D eigenvalue weighted by atomic mass is 9.97. The van der Waals surface area contributed by atoms with Crippen LogP contribution in [0.5, 0.6) is 0 Å². The standard InChI is InChI=1S/C24H34N4O4S/c1-17-26-22-15-21(8-9-23(22)28(17)19-5-2-3-6-19)33(30,31)27-12-10-18(11-13-27)24(29)25-16-20-7-4-14-32-20/h8-9,15,18-20H,2-7,10-14,16H2,1H3,(H,25,29)/t20-/m0/s1. The van der Waals surface area contributed by atoms with Gasteiger partial charge in [-0.05, 0) is 63.6 Å². The summed E-state index contributed by atoms with van der Waals surface area (Å²) in [5.41, 5.74) is 1.75. The number of amides is 1. The second-order valence-corrected chi connectivity index (χ2v) is 11.6. The molecule has 5 rings (SSSR count). The van der Waals surface area contributed by atoms with Crippen molar-refractivity contribution < 1.29 is 17.9 Å². The third kappa shape index (κ3) is 4.55. The average molecular weight is 475 g/mol. The van der Waals surface area contributed by atoms with Crippen molar-refractivity contribution in [1.29, 1.82) is 0 Å². The fraction of sp³-hybridized carbons (Fsp3) is 0.667. The Kier molecular flexibility index (Phi) is 6.46. The molecule has 180 valence electrons. The normalized spacial score (nSPS) is 23.5. The second kappa shape index (κ2) is 9.35. The van der Waals surface area contributed by atoms with E-state index < -0.39 is 10.0 Å². The number of carbonyl (C=O) groups excluding carboxylic acids is 1. The maximum Gasteiger partial charge on any atom is 0.243 e. The van der Waals surface area contributed by atoms with Crippen molar-refractivity contribution in [1.82, 2.24) is 19.2 Å². The van der Waals surface area contributed by atoms with Gasteiger partial charge in [-0.2, -0.15) is 4.31 Å². The molecule has 2 saturated heterocycles. The van der Waals surface area contributed by atoms with Crippen molar-refractivity contribution in [3.63, 3.8) is 0 Å². The largest absolute Gasteiger partial charge is 0.376 e. The third-order valence-corrected chi connectivity index (χ3v) is 9.41. The molecule has 3 aliphatic rings. The molecule has 0 radical (unpaired) electrons. The van der Waals surface area contributed by atoms with E-state index in [0.29, 0.717) is 38.5 Å². The molecule has 0 spiro atoms. The number of imidazole rings is 1. The van der Waals surface area contributed by atoms with Gasteiger partial charge < -0.3 is 14.6 Å². The Morgan fingerprint density at radius 1 is 1.12 bits per heavy atom. The number of carbonyl (C=O) groups is 1. The lowest BCUT2D eigenvalue weighted by Crippen LogP contribution is -2.44. The van der Waals surface area contributed by atoms with E-state index in [-0.39, 0.29) is 22.8 Å². The summed E-state index contributed by atoms with van der Waals surface area (Å²) >= 11 is 0. The summed E-state index contributed by atoms with van der Waals surface area (Å²) in [5.74, 6) is 0.809. The fourth-order valence-electron chi connectivity index (χ4n) is 5.65. The first kappa shape index (κ1) is 22.8. The van der Waals surface area contributed by atoms with E-state index in [1.54, 1.807) is 12.1 Å². The van der Waals surface area contributed by atoms with Crippen molar-refractivity contribution >= 4 is 27.0 Å². The molecule has 2 aliphatic heterocycles. The first-order valence-corrected chi connectivity index (χ1v) is 13.8. The predicted molar refractivity (Wildman–Crippen MR) is 125 cm³/mol. The minimum atomic E-state index is -3.62. The third-order valence-electron chi connectivity index (χ3n) is 7.52. The van der Waals surface area contributed by atoms with Gasteiger partial charge in [0.25, 0.3) is 0 Å². The molecule has 3 heterocycles. The van der Waals surface area contributed by atoms with Crippen LogP contribution < -0.4 is 5.32 Å². The highest BCUT2D eigenvalue weighted by molar-refractivity contribution is 7.89. The van der Waals surface area contributed by atoms with Gasteiger partial charge in [-0.1, -0.05) is 12.8 Å². The second-order valence-electron chi connectivity index (χ2n) is 9.68. The molecule has 0 unspecified atom stereocenters. The molecule has 0 bridgehead atoms. The molecular weight excluding hydrogens is 440 g/mol. The molecule has 8 nitrogen and oxygen atoms in total. The van der Waals surface area contributed by atoms with Gasteiger partial charge >= 0.3 is 0 Å². The van der Waals surface area contributed by atoms with E-state index in [0.717, 1.165) is 49.1 Å². The molecule has 1 atom stereocenters. The maximum atomic E-state index is 13.3. The zero-order chi connectivity index (χ0) is 23.0. The van der Waals surface area contributed by atoms with Gasteiger partial charge in [0.05, 0.1) is 22.0 Å². The summed E-state index contributed by atoms with van der Waals surface area (Å²) in [6, 6.07) is 5.79. The van der Waals surface area contributed by atoms with E-state index >= 15 is 0 Å². The first-order valence-electron chi connectivity index (χ1n) is 12.3. The zero-order valence-corrected chi connectivity index (χ0v) is 20.1. The maximum absolute atomic E-state index is 13.3. The molecule has 1 aromatic carbocycles. The summed E-state index contributed by atoms with van der Waals surface area (Å²) in [6.45, 7) is 4.02. The lowest BCUT2D eigenvalue weighted by Gasteiger charge is -2.30. The Hall–Kier alpha value is -1.97. The van der Waals surface area contributed by atoms with Crippen LogP contribution in [0, 0.1) is 12.8 Å². The molecule has 3 fully saturated rings. The number of nitrogens with zero attached hydrogens (tertiary/aromatic N) is 3. The van der Waals surface area contributed by atoms with Crippen LogP contribution in [-0.4, -0.2) is 60.5 Å². The van der Waals surface area contributed by atoms with Crippen molar-refractivity contribution in [3.05, 3.63) is 24.0 Å². The molecule has 9 heteroatoms. The quantitative estimate of drug-likeness (QED) is 0.694. The number of sulfonamides is 1. The molecule has 1 amide bonds. The number of hydrogen-bond donors (Lipinski definition) is 1. The smallest absolute Gasteiger partial charge is 0.243 e. The van der Waals surface area contributed by atoms with Crippen molar-refractivity contribution in [2.24, 2.45) is 5.92 Å². The summed E-state index contributed by atoms with van der Waals surface area (Å²) < 4.78 is 36.0. The van der Waals surface area contributed by atoms with Crippen molar-refractivity contribution in [3.8, 4) is 0 Å². The molecule has 1 aliphatic carbocycles. The zero-order valence-electron chi connectivity index (χ0n) is 19.3. The van der Waals surface area contributed by atoms with Crippen LogP contribution in [0.4, 0.5) is 0 Å². The summed E-state index contributed by atoms with van der Waals surface area (Å²) in [5, 5.41) is 2.99. The van der Waals surface area contributed by atoms with Crippen molar-refractivity contribution in [2.45, 2.75) is 75.3 Å². The molecule has 2 aromatic rings. The van der Waals surface area contributed by atoms with E-state index in [9.17, 15) is 13.2 Å². The minimum Gasteiger partial charge on any atom is -0.376 e. The van der Waals surface area contributed by atoms with Gasteiger partial charge in [0.1, 0.15) is 5.82 Å². The molecule has 1 N–H and O–H groups in total. The highest BCUT2D eigenvalue weighted by atomic mass is 32.2. The number of ether oxygens (including phenoxy) is 1. The number of aryl methyl sites for hydroxylation is 1. The Bertz CT molecular complexity index is 1110. The van der Waals surface area contributed by atoms with Crippen LogP contribution in [0.1, 0.15) is 63.2 Å². The number of aromatic nitrogens is 2. The Balaban J connectivity index is 1.24. The topological polar surface area (TPSA) is 93.5 Å². The van der Waals surface area contributed by atoms with E-state index in [1.165, 1.54) is 17.1 Å². The fourth-order valence-corrected chi connectivity index (χ4v) is 7.14. The predicted octanol–water partition coefficient (Wildman–Crippen LogP) is 3.16. The summed E-state index contributed by atoms with van der Waals surface area (Å²) in [7, 11) is -3.62. The van der Waals surface area contributed by atoms with Gasteiger partial charge in [-0.25, -0.2) is 13.4 Å². The number of benzene rings is 1. The number of nitrogens with one attached hydrogen (secondary N) is 1. The molecule has 33 heavy (non-hydrogen) atoms. The number of piperidine rings is 1. The summed E-state index contributed by atoms with van der Waals surface area (Å²) in [6.07, 6.45) is 8.00. The SMILES string of the molecule is Cc1nc2cc(S(=O)(=O)N3CCC(C(=O)NC[C@@H]4CCCO4)CC3)ccc2n1C1CCCC1. The minimum absolute atomic E-state index is 0.0110. The van der Waals surface area contributed by atoms with Gasteiger partial charge in [-0.3, -0.25) is 4.79 Å². The average Bonchev–Trinajstić information content (AvgIpc) is 3.57. The van der Waals surface area contributed by atoms with E-state index in [2.05, 4.69) is 14.9 Å². The molecule has 1 aromatic heterocycles. The number of hydrogen-bond acceptors (Lipinski definition) is 5. The van der Waals surface area contributed by atoms with E-state index in [1.807, 2.05) is 13.0 Å². The number of fused-ring (bicyclic) bond motifs is 1. The van der Waals surface area contributed by atoms with Gasteiger partial charge in [0.15, 0.2) is 0 Å². The molecular formula is C24H34N4O4S. The molecule has 1 saturated carbocycles. The van der Waals surface area contributed by atoms with Gasteiger partial charge in [0.2, 0.25) is 15.9 Å². The first-order chi connectivity index (χ1) is 15.9. The summed E-state index contributed by atoms with van der Waals surface area (Å²) in [4.78, 5) is 17.5. The highest BCUT2D eigenvalue weighted by Gasteiger charge is 2.33. The van der Waals surface area contributed by atoms with Crippen LogP contribution in [0.15, 0.2) is 23.1 Å². The van der Waals surface area contributed by atoms with Crippen LogP contribution in [0.25, 0.3) is 11.0 Å². The van der Waals surface area contributed by atoms with Crippen LogP contribution in [0.3, 0.4) is 0 Å². The van der Waals surface area contributed by atoms with Gasteiger partial charge in [0, 0.05) is 38.2 Å². The van der Waals surface area contributed by atoms with Crippen LogP contribution in [-0.2, 0) is 19.6 Å². The van der Waals surface area contributed by atoms with Gasteiger partial charge in [-0.15, -0.1) is 0 Å². The number of rotatable bonds is 6. The Morgan fingerprint density at radius 3 is 2.58 bits per heavy atom. The lowest BCUT2D eigenvalue weighted by molar-refractivity contribution is -0.126.